The SMILES string of the molecule is O=C(O)COc1c(Cl)c(Cl)c2c3nc4nc(nc5[n-]c(nc6n[n+](nc([n-]3)c2c1Cl)-c1ccccc1-6)c1ccccc51)-c1ccccc1-4.[Cu+2]. The zero-order valence-electron chi connectivity index (χ0n) is 24.4. The van der Waals surface area contributed by atoms with Crippen molar-refractivity contribution in [2.75, 3.05) is 6.61 Å². The largest absolute Gasteiger partial charge is 2.00 e. The van der Waals surface area contributed by atoms with Crippen LogP contribution in [0.25, 0.3) is 84.0 Å². The van der Waals surface area contributed by atoms with Gasteiger partial charge in [-0.25, -0.2) is 9.78 Å². The molecule has 2 aliphatic heterocycles. The van der Waals surface area contributed by atoms with Crippen LogP contribution in [0.3, 0.4) is 0 Å². The van der Waals surface area contributed by atoms with E-state index in [1.807, 2.05) is 72.8 Å². The molecule has 0 spiro atoms. The number of fused-ring (bicyclic) bond motifs is 20. The Bertz CT molecular complexity index is 2740. The second-order valence-electron chi connectivity index (χ2n) is 10.7. The summed E-state index contributed by atoms with van der Waals surface area (Å²) in [4.78, 5) is 41.8. The molecule has 0 unspecified atom stereocenters. The number of ether oxygens (including phenoxy) is 1. The Morgan fingerprint density at radius 2 is 1.20 bits per heavy atom. The second kappa shape index (κ2) is 11.8. The number of hydrogen-bond acceptors (Lipinski definition) is 8. The van der Waals surface area contributed by atoms with Crippen molar-refractivity contribution in [2.24, 2.45) is 0 Å². The Labute approximate surface area is 300 Å². The molecule has 9 rings (SSSR count). The van der Waals surface area contributed by atoms with Crippen LogP contribution in [0.4, 0.5) is 0 Å². The van der Waals surface area contributed by atoms with Crippen molar-refractivity contribution in [3.05, 3.63) is 87.9 Å². The molecule has 5 heterocycles. The normalized spacial score (nSPS) is 11.7. The molecule has 8 bridgehead atoms. The summed E-state index contributed by atoms with van der Waals surface area (Å²) in [6.07, 6.45) is 0. The molecule has 0 fully saturated rings. The quantitative estimate of drug-likeness (QED) is 0.125. The number of rotatable bonds is 3. The Morgan fingerprint density at radius 3 is 1.88 bits per heavy atom. The molecule has 2 aliphatic rings. The third-order valence-electron chi connectivity index (χ3n) is 7.90. The van der Waals surface area contributed by atoms with Gasteiger partial charge in [0.25, 0.3) is 5.69 Å². The van der Waals surface area contributed by atoms with Gasteiger partial charge in [0.1, 0.15) is 5.02 Å². The zero-order chi connectivity index (χ0) is 32.7. The van der Waals surface area contributed by atoms with Crippen molar-refractivity contribution >= 4 is 84.9 Å². The van der Waals surface area contributed by atoms with Crippen LogP contribution in [0.1, 0.15) is 0 Å². The van der Waals surface area contributed by atoms with E-state index in [0.717, 1.165) is 16.3 Å². The number of aromatic nitrogens is 9. The molecule has 49 heavy (non-hydrogen) atoms. The smallest absolute Gasteiger partial charge is 0.479 e. The molecule has 3 aromatic heterocycles. The zero-order valence-corrected chi connectivity index (χ0v) is 27.6. The third-order valence-corrected chi connectivity index (χ3v) is 9.09. The van der Waals surface area contributed by atoms with Crippen LogP contribution in [0.15, 0.2) is 72.8 Å². The molecule has 0 atom stereocenters. The number of nitrogens with zero attached hydrogens (tertiary/aromatic N) is 9. The van der Waals surface area contributed by atoms with Gasteiger partial charge in [0.2, 0.25) is 0 Å². The van der Waals surface area contributed by atoms with Crippen LogP contribution in [0, 0.1) is 0 Å². The summed E-state index contributed by atoms with van der Waals surface area (Å²) in [6, 6.07) is 22.6. The maximum atomic E-state index is 11.4. The van der Waals surface area contributed by atoms with Gasteiger partial charge < -0.3 is 34.8 Å². The van der Waals surface area contributed by atoms with E-state index in [4.69, 9.17) is 79.6 Å². The fourth-order valence-corrected chi connectivity index (χ4v) is 6.68. The maximum Gasteiger partial charge on any atom is 2.00 e. The van der Waals surface area contributed by atoms with Crippen molar-refractivity contribution < 1.29 is 36.5 Å². The summed E-state index contributed by atoms with van der Waals surface area (Å²) in [5, 5.41) is 20.7. The van der Waals surface area contributed by atoms with E-state index >= 15 is 0 Å². The predicted octanol–water partition coefficient (Wildman–Crippen LogP) is 6.16. The minimum Gasteiger partial charge on any atom is -0.479 e. The topological polar surface area (TPSA) is 156 Å². The first-order valence-electron chi connectivity index (χ1n) is 14.3. The van der Waals surface area contributed by atoms with Gasteiger partial charge in [-0.2, -0.15) is 0 Å². The summed E-state index contributed by atoms with van der Waals surface area (Å²) in [5.41, 5.74) is 3.80. The molecule has 4 aromatic carbocycles. The minimum absolute atomic E-state index is 0. The van der Waals surface area contributed by atoms with Gasteiger partial charge in [-0.15, -0.1) is 0 Å². The van der Waals surface area contributed by atoms with Crippen LogP contribution in [-0.2, 0) is 21.9 Å². The molecule has 1 radical (unpaired) electrons. The van der Waals surface area contributed by atoms with Crippen LogP contribution in [0.5, 0.6) is 5.75 Å². The van der Waals surface area contributed by atoms with Gasteiger partial charge in [-0.3, -0.25) is 0 Å². The van der Waals surface area contributed by atoms with E-state index in [1.54, 1.807) is 0 Å². The maximum absolute atomic E-state index is 11.4. The van der Waals surface area contributed by atoms with Gasteiger partial charge in [0.05, 0.1) is 32.9 Å². The standard InChI is InChI=1S/C33H16Cl3N9O3.Cu/c34-23-21-22(24(35)26(25(23)36)48-13-20(46)47)33-42-32(21)41-30-17-10-4-2-8-15(17)28(39-30)37-27-14-7-1-3-9-16(14)29(38-27)40-31-18-11-5-6-12-19(18)45(43-31)44-33;/h1-12H,13H2,(H2,37,38,39,40,41,42,43,44,46,47);/q;+2/p-1. The third kappa shape index (κ3) is 4.89. The van der Waals surface area contributed by atoms with E-state index in [-0.39, 0.29) is 60.0 Å². The van der Waals surface area contributed by atoms with E-state index in [0.29, 0.717) is 45.6 Å². The van der Waals surface area contributed by atoms with Crippen molar-refractivity contribution in [3.8, 4) is 45.6 Å². The molecule has 12 nitrogen and oxygen atoms in total. The second-order valence-corrected chi connectivity index (χ2v) is 11.9. The van der Waals surface area contributed by atoms with E-state index in [9.17, 15) is 9.90 Å². The predicted molar refractivity (Wildman–Crippen MR) is 178 cm³/mol. The molecule has 241 valence electrons. The molecule has 0 amide bonds. The molecule has 0 saturated carbocycles. The minimum atomic E-state index is -1.23. The summed E-state index contributed by atoms with van der Waals surface area (Å²) < 4.78 is 5.47. The van der Waals surface area contributed by atoms with Crippen LogP contribution < -0.4 is 19.5 Å². The monoisotopic (exact) mass is 753 g/mol. The Balaban J connectivity index is 0.00000348. The molecule has 7 aromatic rings. The number of carboxylic acids is 1. The molecule has 1 N–H and O–H groups in total. The van der Waals surface area contributed by atoms with Crippen LogP contribution in [0.2, 0.25) is 15.1 Å². The summed E-state index contributed by atoms with van der Waals surface area (Å²) >= 11 is 20.3. The molecule has 0 saturated heterocycles. The number of halogens is 3. The first kappa shape index (κ1) is 31.1. The van der Waals surface area contributed by atoms with Gasteiger partial charge in [0, 0.05) is 54.8 Å². The van der Waals surface area contributed by atoms with Gasteiger partial charge in [-0.05, 0) is 16.8 Å². The van der Waals surface area contributed by atoms with Gasteiger partial charge in [-0.1, -0.05) is 101 Å². The molecule has 16 heteroatoms. The van der Waals surface area contributed by atoms with Crippen LogP contribution >= 0.6 is 34.8 Å². The number of para-hydroxylation sites is 1. The number of aliphatic carboxylic acids is 1. The molecule has 0 aliphatic carbocycles. The Hall–Kier alpha value is -5.17. The number of carbonyl (C=O) groups is 1. The number of carboxylic acid groups (broad SMARTS) is 1. The summed E-state index contributed by atoms with van der Waals surface area (Å²) in [6.45, 7) is -0.713. The average Bonchev–Trinajstić information content (AvgIpc) is 3.82. The van der Waals surface area contributed by atoms with Gasteiger partial charge in [0.15, 0.2) is 18.2 Å². The first-order valence-corrected chi connectivity index (χ1v) is 15.5. The van der Waals surface area contributed by atoms with Gasteiger partial charge >= 0.3 is 23.0 Å². The van der Waals surface area contributed by atoms with E-state index in [1.165, 1.54) is 4.80 Å². The molecular formula is C33H15Cl3CuN9O3+. The van der Waals surface area contributed by atoms with Crippen molar-refractivity contribution in [3.63, 3.8) is 0 Å². The van der Waals surface area contributed by atoms with Crippen molar-refractivity contribution in [2.45, 2.75) is 0 Å². The fourth-order valence-electron chi connectivity index (χ4n) is 5.80. The fraction of sp³-hybridized carbons (Fsp3) is 0.0303. The first-order chi connectivity index (χ1) is 23.4. The van der Waals surface area contributed by atoms with Crippen LogP contribution in [-0.4, -0.2) is 47.8 Å². The van der Waals surface area contributed by atoms with E-state index in [2.05, 4.69) is 0 Å². The van der Waals surface area contributed by atoms with Crippen molar-refractivity contribution in [1.29, 1.82) is 0 Å². The Kier molecular flexibility index (Phi) is 7.47. The van der Waals surface area contributed by atoms with E-state index < -0.39 is 12.6 Å². The summed E-state index contributed by atoms with van der Waals surface area (Å²) in [5.74, 6) is -0.305. The summed E-state index contributed by atoms with van der Waals surface area (Å²) in [7, 11) is 0. The average molecular weight is 755 g/mol. The number of hydrogen-bond donors (Lipinski definition) is 1. The number of benzene rings is 4. The Morgan fingerprint density at radius 1 is 0.653 bits per heavy atom. The molecular weight excluding hydrogens is 740 g/mol. The van der Waals surface area contributed by atoms with Crippen molar-refractivity contribution in [1.82, 2.24) is 40.1 Å².